The number of nitrogens with one attached hydrogen (secondary N) is 2. The molecule has 1 aromatic heterocycles. The third-order valence-corrected chi connectivity index (χ3v) is 4.77. The molecule has 22 heavy (non-hydrogen) atoms. The maximum Gasteiger partial charge on any atom is 0.261 e. The molecule has 1 aliphatic carbocycles. The third-order valence-electron chi connectivity index (χ3n) is 4.77. The van der Waals surface area contributed by atoms with Crippen LogP contribution in [0.3, 0.4) is 0 Å². The summed E-state index contributed by atoms with van der Waals surface area (Å²) < 4.78 is 0. The Morgan fingerprint density at radius 1 is 1.36 bits per heavy atom. The molecule has 5 heteroatoms. The number of amides is 1. The molecule has 0 bridgehead atoms. The van der Waals surface area contributed by atoms with Crippen LogP contribution in [0.15, 0.2) is 10.9 Å². The summed E-state index contributed by atoms with van der Waals surface area (Å²) in [7, 11) is 0. The minimum atomic E-state index is -0.224. The fourth-order valence-corrected chi connectivity index (χ4v) is 3.58. The van der Waals surface area contributed by atoms with Gasteiger partial charge in [0, 0.05) is 24.8 Å². The van der Waals surface area contributed by atoms with E-state index in [9.17, 15) is 9.59 Å². The molecule has 0 saturated carbocycles. The number of aromatic nitrogens is 1. The van der Waals surface area contributed by atoms with Gasteiger partial charge in [-0.25, -0.2) is 0 Å². The highest BCUT2D eigenvalue weighted by molar-refractivity contribution is 5.94. The lowest BCUT2D eigenvalue weighted by atomic mass is 9.94. The number of carbonyl (C=O) groups is 1. The Kier molecular flexibility index (Phi) is 4.62. The van der Waals surface area contributed by atoms with Gasteiger partial charge in [-0.1, -0.05) is 6.92 Å². The van der Waals surface area contributed by atoms with Crippen LogP contribution in [-0.2, 0) is 12.8 Å². The largest absolute Gasteiger partial charge is 0.334 e. The normalized spacial score (nSPS) is 20.7. The maximum absolute atomic E-state index is 12.9. The minimum Gasteiger partial charge on any atom is -0.334 e. The van der Waals surface area contributed by atoms with Crippen molar-refractivity contribution in [3.8, 4) is 0 Å². The molecule has 1 unspecified atom stereocenters. The molecule has 1 atom stereocenters. The highest BCUT2D eigenvalue weighted by Crippen LogP contribution is 2.20. The van der Waals surface area contributed by atoms with Gasteiger partial charge in [0.25, 0.3) is 11.5 Å². The highest BCUT2D eigenvalue weighted by Gasteiger charge is 2.28. The molecule has 120 valence electrons. The van der Waals surface area contributed by atoms with Crippen molar-refractivity contribution in [3.63, 3.8) is 0 Å². The molecule has 5 nitrogen and oxygen atoms in total. The molecule has 0 aromatic carbocycles. The Labute approximate surface area is 131 Å². The van der Waals surface area contributed by atoms with E-state index in [4.69, 9.17) is 0 Å². The average molecular weight is 303 g/mol. The molecule has 1 aromatic rings. The van der Waals surface area contributed by atoms with E-state index in [1.807, 2.05) is 11.0 Å². The number of aromatic amines is 1. The van der Waals surface area contributed by atoms with Crippen molar-refractivity contribution in [1.82, 2.24) is 15.2 Å². The summed E-state index contributed by atoms with van der Waals surface area (Å²) in [5.41, 5.74) is 2.27. The zero-order chi connectivity index (χ0) is 15.5. The van der Waals surface area contributed by atoms with Crippen molar-refractivity contribution in [2.24, 2.45) is 0 Å². The molecule has 1 amide bonds. The first-order valence-corrected chi connectivity index (χ1v) is 8.47. The first-order chi connectivity index (χ1) is 10.7. The standard InChI is InChI=1S/C17H25N3O2/c1-2-9-20(13-7-8-18-11-13)17(22)14-10-12-5-3-4-6-15(12)19-16(14)21/h10,13,18H,2-9,11H2,1H3,(H,19,21). The molecule has 1 saturated heterocycles. The number of H-pyrrole nitrogens is 1. The van der Waals surface area contributed by atoms with Gasteiger partial charge in [-0.3, -0.25) is 9.59 Å². The summed E-state index contributed by atoms with van der Waals surface area (Å²) >= 11 is 0. The second-order valence-corrected chi connectivity index (χ2v) is 6.37. The summed E-state index contributed by atoms with van der Waals surface area (Å²) in [6.45, 7) is 4.55. The molecule has 0 radical (unpaired) electrons. The number of pyridine rings is 1. The quantitative estimate of drug-likeness (QED) is 0.885. The van der Waals surface area contributed by atoms with Crippen LogP contribution in [0.1, 0.15) is 54.2 Å². The van der Waals surface area contributed by atoms with Gasteiger partial charge in [0.15, 0.2) is 0 Å². The summed E-state index contributed by atoms with van der Waals surface area (Å²) in [4.78, 5) is 30.1. The fourth-order valence-electron chi connectivity index (χ4n) is 3.58. The molecule has 1 aliphatic heterocycles. The summed E-state index contributed by atoms with van der Waals surface area (Å²) in [6.07, 6.45) is 6.01. The average Bonchev–Trinajstić information content (AvgIpc) is 3.05. The Balaban J connectivity index is 1.90. The first kappa shape index (κ1) is 15.3. The van der Waals surface area contributed by atoms with Crippen molar-refractivity contribution in [2.45, 2.75) is 51.5 Å². The zero-order valence-corrected chi connectivity index (χ0v) is 13.3. The lowest BCUT2D eigenvalue weighted by molar-refractivity contribution is 0.0690. The van der Waals surface area contributed by atoms with E-state index >= 15 is 0 Å². The summed E-state index contributed by atoms with van der Waals surface area (Å²) in [5.74, 6) is -0.106. The van der Waals surface area contributed by atoms with Crippen LogP contribution >= 0.6 is 0 Å². The Morgan fingerprint density at radius 2 is 2.18 bits per heavy atom. The molecular weight excluding hydrogens is 278 g/mol. The van der Waals surface area contributed by atoms with Gasteiger partial charge in [-0.15, -0.1) is 0 Å². The van der Waals surface area contributed by atoms with Crippen LogP contribution in [0.5, 0.6) is 0 Å². The maximum atomic E-state index is 12.9. The number of nitrogens with zero attached hydrogens (tertiary/aromatic N) is 1. The van der Waals surface area contributed by atoms with Gasteiger partial charge < -0.3 is 15.2 Å². The second-order valence-electron chi connectivity index (χ2n) is 6.37. The van der Waals surface area contributed by atoms with E-state index in [-0.39, 0.29) is 17.5 Å². The van der Waals surface area contributed by atoms with Gasteiger partial charge in [0.05, 0.1) is 0 Å². The van der Waals surface area contributed by atoms with Crippen LogP contribution in [0.25, 0.3) is 0 Å². The molecule has 2 heterocycles. The fraction of sp³-hybridized carbons (Fsp3) is 0.647. The Hall–Kier alpha value is -1.62. The van der Waals surface area contributed by atoms with Gasteiger partial charge in [0.1, 0.15) is 5.56 Å². The van der Waals surface area contributed by atoms with E-state index in [1.54, 1.807) is 0 Å². The van der Waals surface area contributed by atoms with Crippen molar-refractivity contribution >= 4 is 5.91 Å². The molecular formula is C17H25N3O2. The second kappa shape index (κ2) is 6.65. The van der Waals surface area contributed by atoms with Gasteiger partial charge in [-0.2, -0.15) is 0 Å². The van der Waals surface area contributed by atoms with Crippen LogP contribution in [-0.4, -0.2) is 41.5 Å². The van der Waals surface area contributed by atoms with Gasteiger partial charge >= 0.3 is 0 Å². The van der Waals surface area contributed by atoms with Crippen molar-refractivity contribution < 1.29 is 4.79 Å². The van der Waals surface area contributed by atoms with Crippen LogP contribution in [0.4, 0.5) is 0 Å². The molecule has 2 N–H and O–H groups in total. The highest BCUT2D eigenvalue weighted by atomic mass is 16.2. The molecule has 2 aliphatic rings. The molecule has 1 fully saturated rings. The third kappa shape index (κ3) is 2.95. The number of fused-ring (bicyclic) bond motifs is 1. The van der Waals surface area contributed by atoms with Crippen molar-refractivity contribution in [3.05, 3.63) is 33.2 Å². The number of aryl methyl sites for hydroxylation is 2. The number of carbonyl (C=O) groups excluding carboxylic acids is 1. The van der Waals surface area contributed by atoms with E-state index in [1.165, 1.54) is 0 Å². The zero-order valence-electron chi connectivity index (χ0n) is 13.3. The predicted octanol–water partition coefficient (Wildman–Crippen LogP) is 1.47. The SMILES string of the molecule is CCCN(C(=O)c1cc2c([nH]c1=O)CCCC2)C1CCNC1. The van der Waals surface area contributed by atoms with Gasteiger partial charge in [0.2, 0.25) is 0 Å². The number of hydrogen-bond donors (Lipinski definition) is 2. The molecule has 0 spiro atoms. The van der Waals surface area contributed by atoms with E-state index in [0.717, 1.165) is 62.9 Å². The van der Waals surface area contributed by atoms with E-state index < -0.39 is 0 Å². The van der Waals surface area contributed by atoms with Crippen LogP contribution in [0.2, 0.25) is 0 Å². The Bertz CT molecular complexity index is 602. The number of rotatable bonds is 4. The lowest BCUT2D eigenvalue weighted by Gasteiger charge is -2.28. The van der Waals surface area contributed by atoms with E-state index in [2.05, 4.69) is 17.2 Å². The van der Waals surface area contributed by atoms with Crippen LogP contribution in [0, 0.1) is 0 Å². The summed E-state index contributed by atoms with van der Waals surface area (Å²) in [6, 6.07) is 2.06. The predicted molar refractivity (Wildman–Crippen MR) is 86.3 cm³/mol. The lowest BCUT2D eigenvalue weighted by Crippen LogP contribution is -2.44. The van der Waals surface area contributed by atoms with E-state index in [0.29, 0.717) is 12.1 Å². The van der Waals surface area contributed by atoms with Crippen molar-refractivity contribution in [1.29, 1.82) is 0 Å². The van der Waals surface area contributed by atoms with Crippen LogP contribution < -0.4 is 10.9 Å². The topological polar surface area (TPSA) is 65.2 Å². The van der Waals surface area contributed by atoms with Gasteiger partial charge in [-0.05, 0) is 56.7 Å². The summed E-state index contributed by atoms with van der Waals surface area (Å²) in [5, 5.41) is 3.30. The molecule has 3 rings (SSSR count). The smallest absolute Gasteiger partial charge is 0.261 e. The monoisotopic (exact) mass is 303 g/mol. The first-order valence-electron chi connectivity index (χ1n) is 8.47. The van der Waals surface area contributed by atoms with Crippen molar-refractivity contribution in [2.75, 3.05) is 19.6 Å². The Morgan fingerprint density at radius 3 is 2.91 bits per heavy atom. The number of hydrogen-bond acceptors (Lipinski definition) is 3. The minimum absolute atomic E-state index is 0.106.